The normalized spacial score (nSPS) is 15.6. The maximum Gasteiger partial charge on any atom is 0.254 e. The molecule has 3 aromatic rings. The number of aromatic nitrogens is 3. The van der Waals surface area contributed by atoms with E-state index in [1.54, 1.807) is 0 Å². The molecule has 8 heteroatoms. The molecular formula is C27H33N5O2S. The Kier molecular flexibility index (Phi) is 7.90. The van der Waals surface area contributed by atoms with Crippen molar-refractivity contribution in [3.05, 3.63) is 71.0 Å². The first kappa shape index (κ1) is 25.0. The summed E-state index contributed by atoms with van der Waals surface area (Å²) in [6, 6.07) is 15.5. The average Bonchev–Trinajstić information content (AvgIpc) is 3.49. The second kappa shape index (κ2) is 11.1. The van der Waals surface area contributed by atoms with Crippen molar-refractivity contribution < 1.29 is 9.59 Å². The van der Waals surface area contributed by atoms with Crippen molar-refractivity contribution in [1.82, 2.24) is 19.7 Å². The fraction of sp³-hybridized carbons (Fsp3) is 0.407. The van der Waals surface area contributed by atoms with Crippen LogP contribution in [0, 0.1) is 6.92 Å². The lowest BCUT2D eigenvalue weighted by molar-refractivity contribution is -0.113. The van der Waals surface area contributed by atoms with Gasteiger partial charge in [-0.3, -0.25) is 9.59 Å². The number of nitrogens with zero attached hydrogens (tertiary/aromatic N) is 4. The molecule has 7 nitrogen and oxygen atoms in total. The van der Waals surface area contributed by atoms with Gasteiger partial charge in [0, 0.05) is 24.3 Å². The van der Waals surface area contributed by atoms with Crippen LogP contribution in [0.15, 0.2) is 53.7 Å². The van der Waals surface area contributed by atoms with Crippen LogP contribution in [-0.2, 0) is 11.3 Å². The van der Waals surface area contributed by atoms with Gasteiger partial charge >= 0.3 is 0 Å². The number of hydrogen-bond donors (Lipinski definition) is 1. The van der Waals surface area contributed by atoms with Gasteiger partial charge in [0.2, 0.25) is 5.91 Å². The van der Waals surface area contributed by atoms with Gasteiger partial charge in [-0.05, 0) is 56.4 Å². The van der Waals surface area contributed by atoms with Gasteiger partial charge in [-0.1, -0.05) is 61.5 Å². The van der Waals surface area contributed by atoms with Gasteiger partial charge in [0.25, 0.3) is 5.91 Å². The third-order valence-corrected chi connectivity index (χ3v) is 7.29. The number of carbonyl (C=O) groups is 2. The topological polar surface area (TPSA) is 80.1 Å². The number of nitrogens with one attached hydrogen (secondary N) is 1. The Balaban J connectivity index is 1.46. The van der Waals surface area contributed by atoms with Gasteiger partial charge in [-0.2, -0.15) is 0 Å². The Morgan fingerprint density at radius 2 is 1.94 bits per heavy atom. The maximum absolute atomic E-state index is 13.3. The van der Waals surface area contributed by atoms with Crippen molar-refractivity contribution in [1.29, 1.82) is 0 Å². The summed E-state index contributed by atoms with van der Waals surface area (Å²) in [5.41, 5.74) is 3.73. The standard InChI is InChI=1S/C27H33N5O2S/c1-5-31-25(23-14-9-15-32(23)26(34)20-11-8-10-19(4)16-20)29-30-27(31)35-17-24(33)28-22-13-7-6-12-21(22)18(2)3/h6-8,10-13,16,18,23H,5,9,14-15,17H2,1-4H3,(H,28,33). The highest BCUT2D eigenvalue weighted by atomic mass is 32.2. The Morgan fingerprint density at radius 1 is 1.14 bits per heavy atom. The Morgan fingerprint density at radius 3 is 2.69 bits per heavy atom. The number of thioether (sulfide) groups is 1. The lowest BCUT2D eigenvalue weighted by Gasteiger charge is -2.24. The Labute approximate surface area is 211 Å². The molecule has 1 fully saturated rings. The number of anilines is 1. The molecule has 184 valence electrons. The number of para-hydroxylation sites is 1. The van der Waals surface area contributed by atoms with E-state index in [1.807, 2.05) is 71.8 Å². The average molecular weight is 492 g/mol. The molecule has 0 saturated carbocycles. The molecule has 2 aromatic carbocycles. The largest absolute Gasteiger partial charge is 0.328 e. The van der Waals surface area contributed by atoms with Crippen LogP contribution in [0.4, 0.5) is 5.69 Å². The first-order valence-electron chi connectivity index (χ1n) is 12.2. The molecule has 0 aliphatic carbocycles. The first-order chi connectivity index (χ1) is 16.9. The lowest BCUT2D eigenvalue weighted by Crippen LogP contribution is -2.32. The Bertz CT molecular complexity index is 1210. The number of benzene rings is 2. The number of carbonyl (C=O) groups excluding carboxylic acids is 2. The molecule has 0 bridgehead atoms. The zero-order valence-electron chi connectivity index (χ0n) is 20.8. The van der Waals surface area contributed by atoms with Crippen molar-refractivity contribution in [3.8, 4) is 0 Å². The van der Waals surface area contributed by atoms with E-state index in [4.69, 9.17) is 0 Å². The molecule has 1 aliphatic rings. The summed E-state index contributed by atoms with van der Waals surface area (Å²) in [5.74, 6) is 1.30. The van der Waals surface area contributed by atoms with Gasteiger partial charge in [0.15, 0.2) is 11.0 Å². The predicted octanol–water partition coefficient (Wildman–Crippen LogP) is 5.44. The van der Waals surface area contributed by atoms with Crippen LogP contribution in [0.3, 0.4) is 0 Å². The third kappa shape index (κ3) is 5.59. The molecule has 0 radical (unpaired) electrons. The van der Waals surface area contributed by atoms with E-state index < -0.39 is 0 Å². The maximum atomic E-state index is 13.3. The van der Waals surface area contributed by atoms with Crippen LogP contribution in [-0.4, -0.2) is 43.8 Å². The zero-order valence-corrected chi connectivity index (χ0v) is 21.6. The monoisotopic (exact) mass is 491 g/mol. The van der Waals surface area contributed by atoms with E-state index >= 15 is 0 Å². The minimum atomic E-state index is -0.114. The van der Waals surface area contributed by atoms with E-state index in [-0.39, 0.29) is 23.6 Å². The highest BCUT2D eigenvalue weighted by Crippen LogP contribution is 2.34. The molecule has 4 rings (SSSR count). The molecule has 0 spiro atoms. The number of rotatable bonds is 8. The second-order valence-electron chi connectivity index (χ2n) is 9.19. The molecule has 1 saturated heterocycles. The van der Waals surface area contributed by atoms with Gasteiger partial charge in [-0.15, -0.1) is 10.2 Å². The number of likely N-dealkylation sites (tertiary alicyclic amines) is 1. The highest BCUT2D eigenvalue weighted by Gasteiger charge is 2.34. The fourth-order valence-electron chi connectivity index (χ4n) is 4.60. The molecule has 1 N–H and O–H groups in total. The minimum absolute atomic E-state index is 0.0271. The quantitative estimate of drug-likeness (QED) is 0.425. The second-order valence-corrected chi connectivity index (χ2v) is 10.1. The summed E-state index contributed by atoms with van der Waals surface area (Å²) in [5, 5.41) is 12.6. The van der Waals surface area contributed by atoms with Crippen LogP contribution in [0.2, 0.25) is 0 Å². The minimum Gasteiger partial charge on any atom is -0.328 e. The molecule has 1 aliphatic heterocycles. The zero-order chi connectivity index (χ0) is 24.9. The number of aryl methyl sites for hydroxylation is 1. The van der Waals surface area contributed by atoms with E-state index in [0.717, 1.165) is 35.5 Å². The molecule has 1 aromatic heterocycles. The SMILES string of the molecule is CCn1c(SCC(=O)Nc2ccccc2C(C)C)nnc1C1CCCN1C(=O)c1cccc(C)c1. The van der Waals surface area contributed by atoms with Gasteiger partial charge < -0.3 is 14.8 Å². The van der Waals surface area contributed by atoms with Crippen LogP contribution >= 0.6 is 11.8 Å². The summed E-state index contributed by atoms with van der Waals surface area (Å²) in [7, 11) is 0. The van der Waals surface area contributed by atoms with Crippen LogP contribution in [0.1, 0.15) is 72.9 Å². The van der Waals surface area contributed by atoms with Crippen LogP contribution in [0.25, 0.3) is 0 Å². The van der Waals surface area contributed by atoms with Gasteiger partial charge in [-0.25, -0.2) is 0 Å². The van der Waals surface area contributed by atoms with E-state index in [2.05, 4.69) is 29.4 Å². The van der Waals surface area contributed by atoms with E-state index in [0.29, 0.717) is 29.7 Å². The van der Waals surface area contributed by atoms with Crippen LogP contribution < -0.4 is 5.32 Å². The molecule has 1 unspecified atom stereocenters. The van der Waals surface area contributed by atoms with Gasteiger partial charge in [0.1, 0.15) is 0 Å². The fourth-order valence-corrected chi connectivity index (χ4v) is 5.41. The Hall–Kier alpha value is -3.13. The van der Waals surface area contributed by atoms with Crippen molar-refractivity contribution >= 4 is 29.3 Å². The third-order valence-electron chi connectivity index (χ3n) is 6.33. The van der Waals surface area contributed by atoms with Crippen molar-refractivity contribution in [2.75, 3.05) is 17.6 Å². The van der Waals surface area contributed by atoms with Crippen molar-refractivity contribution in [2.45, 2.75) is 64.2 Å². The summed E-state index contributed by atoms with van der Waals surface area (Å²) >= 11 is 1.37. The predicted molar refractivity (Wildman–Crippen MR) is 140 cm³/mol. The van der Waals surface area contributed by atoms with Gasteiger partial charge in [0.05, 0.1) is 11.8 Å². The lowest BCUT2D eigenvalue weighted by atomic mass is 10.0. The molecule has 1 atom stereocenters. The summed E-state index contributed by atoms with van der Waals surface area (Å²) in [6.45, 7) is 9.63. The summed E-state index contributed by atoms with van der Waals surface area (Å²) in [4.78, 5) is 27.9. The van der Waals surface area contributed by atoms with Crippen molar-refractivity contribution in [2.24, 2.45) is 0 Å². The molecular weight excluding hydrogens is 458 g/mol. The smallest absolute Gasteiger partial charge is 0.254 e. The molecule has 2 amide bonds. The van der Waals surface area contributed by atoms with Crippen LogP contribution in [0.5, 0.6) is 0 Å². The molecule has 35 heavy (non-hydrogen) atoms. The summed E-state index contributed by atoms with van der Waals surface area (Å²) in [6.07, 6.45) is 1.78. The van der Waals surface area contributed by atoms with E-state index in [1.165, 1.54) is 11.8 Å². The van der Waals surface area contributed by atoms with Crippen molar-refractivity contribution in [3.63, 3.8) is 0 Å². The number of hydrogen-bond acceptors (Lipinski definition) is 5. The number of amides is 2. The molecule has 2 heterocycles. The van der Waals surface area contributed by atoms with E-state index in [9.17, 15) is 9.59 Å². The highest BCUT2D eigenvalue weighted by molar-refractivity contribution is 7.99. The summed E-state index contributed by atoms with van der Waals surface area (Å²) < 4.78 is 2.03. The first-order valence-corrected chi connectivity index (χ1v) is 13.2.